The topological polar surface area (TPSA) is 26.3 Å². The standard InChI is InChI=1S/C14H12F2O2S/c1-18-12-7-4-5-10(14(12)16)9-19(17)13-8-3-2-6-11(13)15/h2-8H,9H2,1H3. The molecular weight excluding hydrogens is 270 g/mol. The Bertz CT molecular complexity index is 614. The summed E-state index contributed by atoms with van der Waals surface area (Å²) in [5.41, 5.74) is 0.237. The van der Waals surface area contributed by atoms with Gasteiger partial charge in [-0.25, -0.2) is 8.78 Å². The average molecular weight is 282 g/mol. The van der Waals surface area contributed by atoms with Crippen LogP contribution in [0.15, 0.2) is 47.4 Å². The average Bonchev–Trinajstić information content (AvgIpc) is 2.41. The van der Waals surface area contributed by atoms with Crippen molar-refractivity contribution < 1.29 is 17.7 Å². The van der Waals surface area contributed by atoms with Gasteiger partial charge in [0.2, 0.25) is 0 Å². The van der Waals surface area contributed by atoms with Crippen molar-refractivity contribution in [2.45, 2.75) is 10.6 Å². The normalized spacial score (nSPS) is 12.2. The molecule has 0 N–H and O–H groups in total. The second-order valence-electron chi connectivity index (χ2n) is 3.85. The third-order valence-corrected chi connectivity index (χ3v) is 4.03. The minimum atomic E-state index is -1.64. The first kappa shape index (κ1) is 13.7. The highest BCUT2D eigenvalue weighted by Gasteiger charge is 2.14. The van der Waals surface area contributed by atoms with Gasteiger partial charge in [-0.05, 0) is 18.2 Å². The summed E-state index contributed by atoms with van der Waals surface area (Å²) in [6, 6.07) is 10.4. The fraction of sp³-hybridized carbons (Fsp3) is 0.143. The molecule has 0 amide bonds. The second-order valence-corrected chi connectivity index (χ2v) is 5.27. The molecule has 0 heterocycles. The van der Waals surface area contributed by atoms with E-state index in [1.165, 1.54) is 37.4 Å². The Kier molecular flexibility index (Phi) is 4.27. The minimum absolute atomic E-state index is 0.0738. The van der Waals surface area contributed by atoms with E-state index >= 15 is 0 Å². The van der Waals surface area contributed by atoms with Gasteiger partial charge in [0.1, 0.15) is 5.82 Å². The number of rotatable bonds is 4. The SMILES string of the molecule is COc1cccc(CS(=O)c2ccccc2F)c1F. The number of hydrogen-bond donors (Lipinski definition) is 0. The minimum Gasteiger partial charge on any atom is -0.494 e. The van der Waals surface area contributed by atoms with Crippen LogP contribution in [-0.4, -0.2) is 11.3 Å². The molecule has 2 nitrogen and oxygen atoms in total. The first-order valence-electron chi connectivity index (χ1n) is 5.57. The summed E-state index contributed by atoms with van der Waals surface area (Å²) < 4.78 is 44.3. The lowest BCUT2D eigenvalue weighted by molar-refractivity contribution is 0.385. The van der Waals surface area contributed by atoms with Crippen LogP contribution in [-0.2, 0) is 16.6 Å². The molecule has 2 rings (SSSR count). The summed E-state index contributed by atoms with van der Waals surface area (Å²) in [7, 11) is -0.280. The lowest BCUT2D eigenvalue weighted by Gasteiger charge is -2.07. The number of hydrogen-bond acceptors (Lipinski definition) is 2. The number of benzene rings is 2. The Labute approximate surface area is 112 Å². The van der Waals surface area contributed by atoms with Gasteiger partial charge in [-0.2, -0.15) is 0 Å². The monoisotopic (exact) mass is 282 g/mol. The third-order valence-electron chi connectivity index (χ3n) is 2.63. The molecule has 19 heavy (non-hydrogen) atoms. The van der Waals surface area contributed by atoms with Crippen LogP contribution in [0.5, 0.6) is 5.75 Å². The highest BCUT2D eigenvalue weighted by Crippen LogP contribution is 2.23. The smallest absolute Gasteiger partial charge is 0.169 e. The van der Waals surface area contributed by atoms with E-state index in [4.69, 9.17) is 4.74 Å². The van der Waals surface area contributed by atoms with Gasteiger partial charge in [-0.1, -0.05) is 24.3 Å². The molecule has 1 atom stereocenters. The largest absolute Gasteiger partial charge is 0.494 e. The molecule has 0 aliphatic carbocycles. The van der Waals surface area contributed by atoms with E-state index < -0.39 is 22.4 Å². The molecule has 0 aromatic heterocycles. The van der Waals surface area contributed by atoms with Crippen LogP contribution in [0.4, 0.5) is 8.78 Å². The molecular formula is C14H12F2O2S. The molecule has 2 aromatic rings. The summed E-state index contributed by atoms with van der Waals surface area (Å²) >= 11 is 0. The van der Waals surface area contributed by atoms with E-state index in [-0.39, 0.29) is 22.0 Å². The summed E-state index contributed by atoms with van der Waals surface area (Å²) in [5.74, 6) is -1.12. The fourth-order valence-corrected chi connectivity index (χ4v) is 2.85. The van der Waals surface area contributed by atoms with Gasteiger partial charge < -0.3 is 4.74 Å². The van der Waals surface area contributed by atoms with Crippen LogP contribution in [0, 0.1) is 11.6 Å². The van der Waals surface area contributed by atoms with Gasteiger partial charge in [-0.15, -0.1) is 0 Å². The van der Waals surface area contributed by atoms with Gasteiger partial charge in [0.05, 0.1) is 28.6 Å². The highest BCUT2D eigenvalue weighted by molar-refractivity contribution is 7.84. The van der Waals surface area contributed by atoms with Crippen molar-refractivity contribution in [2.75, 3.05) is 7.11 Å². The maximum Gasteiger partial charge on any atom is 0.169 e. The molecule has 100 valence electrons. The molecule has 0 bridgehead atoms. The molecule has 0 spiro atoms. The lowest BCUT2D eigenvalue weighted by atomic mass is 10.2. The third kappa shape index (κ3) is 2.98. The maximum absolute atomic E-state index is 13.9. The van der Waals surface area contributed by atoms with Crippen LogP contribution < -0.4 is 4.74 Å². The molecule has 0 fully saturated rings. The summed E-state index contributed by atoms with van der Waals surface area (Å²) in [5, 5.41) is 0. The van der Waals surface area contributed by atoms with Crippen LogP contribution >= 0.6 is 0 Å². The Morgan fingerprint density at radius 1 is 1.11 bits per heavy atom. The molecule has 0 saturated heterocycles. The van der Waals surface area contributed by atoms with Crippen molar-refractivity contribution in [3.8, 4) is 5.75 Å². The fourth-order valence-electron chi connectivity index (χ4n) is 1.67. The van der Waals surface area contributed by atoms with Crippen molar-refractivity contribution in [2.24, 2.45) is 0 Å². The van der Waals surface area contributed by atoms with Gasteiger partial charge in [0.25, 0.3) is 0 Å². The summed E-state index contributed by atoms with van der Waals surface area (Å²) in [6.07, 6.45) is 0. The van der Waals surface area contributed by atoms with Crippen molar-refractivity contribution in [1.29, 1.82) is 0 Å². The van der Waals surface area contributed by atoms with Crippen LogP contribution in [0.25, 0.3) is 0 Å². The number of halogens is 2. The number of methoxy groups -OCH3 is 1. The molecule has 2 aromatic carbocycles. The molecule has 0 aliphatic heterocycles. The zero-order chi connectivity index (χ0) is 13.8. The predicted octanol–water partition coefficient (Wildman–Crippen LogP) is 3.28. The Morgan fingerprint density at radius 2 is 1.84 bits per heavy atom. The number of ether oxygens (including phenoxy) is 1. The van der Waals surface area contributed by atoms with Crippen molar-refractivity contribution in [1.82, 2.24) is 0 Å². The van der Waals surface area contributed by atoms with E-state index in [0.717, 1.165) is 0 Å². The van der Waals surface area contributed by atoms with Crippen molar-refractivity contribution in [3.05, 3.63) is 59.7 Å². The van der Waals surface area contributed by atoms with E-state index in [1.54, 1.807) is 12.1 Å². The Balaban J connectivity index is 2.27. The molecule has 0 radical (unpaired) electrons. The molecule has 5 heteroatoms. The summed E-state index contributed by atoms with van der Waals surface area (Å²) in [4.78, 5) is 0.0738. The van der Waals surface area contributed by atoms with Gasteiger partial charge in [0.15, 0.2) is 11.6 Å². The Morgan fingerprint density at radius 3 is 2.53 bits per heavy atom. The van der Waals surface area contributed by atoms with Crippen LogP contribution in [0.3, 0.4) is 0 Å². The van der Waals surface area contributed by atoms with Crippen LogP contribution in [0.1, 0.15) is 5.56 Å². The zero-order valence-corrected chi connectivity index (χ0v) is 11.0. The van der Waals surface area contributed by atoms with Crippen LogP contribution in [0.2, 0.25) is 0 Å². The van der Waals surface area contributed by atoms with Crippen molar-refractivity contribution >= 4 is 10.8 Å². The maximum atomic E-state index is 13.9. The van der Waals surface area contributed by atoms with Gasteiger partial charge >= 0.3 is 0 Å². The first-order chi connectivity index (χ1) is 9.13. The van der Waals surface area contributed by atoms with Crippen molar-refractivity contribution in [3.63, 3.8) is 0 Å². The van der Waals surface area contributed by atoms with E-state index in [9.17, 15) is 13.0 Å². The van der Waals surface area contributed by atoms with E-state index in [0.29, 0.717) is 0 Å². The molecule has 0 saturated carbocycles. The van der Waals surface area contributed by atoms with E-state index in [1.807, 2.05) is 0 Å². The first-order valence-corrected chi connectivity index (χ1v) is 6.89. The molecule has 1 unspecified atom stereocenters. The predicted molar refractivity (Wildman–Crippen MR) is 69.5 cm³/mol. The van der Waals surface area contributed by atoms with Gasteiger partial charge in [-0.3, -0.25) is 4.21 Å². The lowest BCUT2D eigenvalue weighted by Crippen LogP contribution is -2.02. The zero-order valence-electron chi connectivity index (χ0n) is 10.2. The highest BCUT2D eigenvalue weighted by atomic mass is 32.2. The van der Waals surface area contributed by atoms with E-state index in [2.05, 4.69) is 0 Å². The Hall–Kier alpha value is -1.75. The molecule has 0 aliphatic rings. The van der Waals surface area contributed by atoms with Gasteiger partial charge in [0, 0.05) is 5.56 Å². The summed E-state index contributed by atoms with van der Waals surface area (Å²) in [6.45, 7) is 0. The quantitative estimate of drug-likeness (QED) is 0.860. The second kappa shape index (κ2) is 5.93.